The van der Waals surface area contributed by atoms with Crippen molar-refractivity contribution in [3.05, 3.63) is 17.7 Å². The summed E-state index contributed by atoms with van der Waals surface area (Å²) < 4.78 is 15.5. The molecular formula is C15H19N3O3. The van der Waals surface area contributed by atoms with E-state index >= 15 is 0 Å². The molecule has 1 spiro atoms. The summed E-state index contributed by atoms with van der Waals surface area (Å²) in [5, 5.41) is 7.93. The third kappa shape index (κ3) is 2.37. The summed E-state index contributed by atoms with van der Waals surface area (Å²) >= 11 is 0. The van der Waals surface area contributed by atoms with Crippen LogP contribution in [0.5, 0.6) is 0 Å². The predicted molar refractivity (Wildman–Crippen MR) is 73.2 cm³/mol. The molecule has 0 radical (unpaired) electrons. The van der Waals surface area contributed by atoms with Gasteiger partial charge < -0.3 is 13.8 Å². The first-order chi connectivity index (χ1) is 10.3. The largest absolute Gasteiger partial charge is 0.377 e. The van der Waals surface area contributed by atoms with Gasteiger partial charge in [0.1, 0.15) is 6.61 Å². The first kappa shape index (κ1) is 13.0. The minimum atomic E-state index is 0.391. The molecule has 0 atom stereocenters. The van der Waals surface area contributed by atoms with Gasteiger partial charge in [0.15, 0.2) is 11.5 Å². The van der Waals surface area contributed by atoms with Crippen molar-refractivity contribution in [3.63, 3.8) is 0 Å². The smallest absolute Gasteiger partial charge is 0.227 e. The Kier molecular flexibility index (Phi) is 3.06. The average molecular weight is 289 g/mol. The van der Waals surface area contributed by atoms with Gasteiger partial charge in [0.25, 0.3) is 0 Å². The highest BCUT2D eigenvalue weighted by atomic mass is 16.5. The fourth-order valence-electron chi connectivity index (χ4n) is 3.71. The SMILES string of the molecule is COCc1cc(-c2noc(CC3CC4(CCC4)C3)n2)no1. The number of aromatic nitrogens is 3. The molecule has 0 bridgehead atoms. The zero-order chi connectivity index (χ0) is 14.3. The fourth-order valence-corrected chi connectivity index (χ4v) is 3.71. The van der Waals surface area contributed by atoms with Crippen LogP contribution in [0.15, 0.2) is 15.1 Å². The van der Waals surface area contributed by atoms with E-state index in [0.717, 1.165) is 6.42 Å². The molecule has 2 aliphatic carbocycles. The molecule has 6 heteroatoms. The Hall–Kier alpha value is -1.69. The molecule has 0 aliphatic heterocycles. The molecule has 2 fully saturated rings. The van der Waals surface area contributed by atoms with Crippen LogP contribution in [-0.2, 0) is 17.8 Å². The lowest BCUT2D eigenvalue weighted by Crippen LogP contribution is -2.43. The van der Waals surface area contributed by atoms with Gasteiger partial charge in [-0.05, 0) is 37.0 Å². The summed E-state index contributed by atoms with van der Waals surface area (Å²) in [6.45, 7) is 0.391. The van der Waals surface area contributed by atoms with Gasteiger partial charge in [-0.1, -0.05) is 16.7 Å². The van der Waals surface area contributed by atoms with Gasteiger partial charge in [-0.3, -0.25) is 0 Å². The van der Waals surface area contributed by atoms with Crippen molar-refractivity contribution in [1.82, 2.24) is 15.3 Å². The van der Waals surface area contributed by atoms with Crippen molar-refractivity contribution in [3.8, 4) is 11.5 Å². The molecule has 4 rings (SSSR count). The summed E-state index contributed by atoms with van der Waals surface area (Å²) in [5.41, 5.74) is 1.29. The number of ether oxygens (including phenoxy) is 1. The van der Waals surface area contributed by atoms with Crippen molar-refractivity contribution in [2.75, 3.05) is 7.11 Å². The number of hydrogen-bond acceptors (Lipinski definition) is 6. The van der Waals surface area contributed by atoms with E-state index in [1.807, 2.05) is 0 Å². The lowest BCUT2D eigenvalue weighted by molar-refractivity contribution is -0.0266. The van der Waals surface area contributed by atoms with E-state index in [9.17, 15) is 0 Å². The van der Waals surface area contributed by atoms with Crippen LogP contribution in [0.25, 0.3) is 11.5 Å². The molecule has 0 unspecified atom stereocenters. The van der Waals surface area contributed by atoms with Crippen LogP contribution in [0.4, 0.5) is 0 Å². The third-order valence-corrected chi connectivity index (χ3v) is 4.86. The Bertz CT molecular complexity index is 622. The highest BCUT2D eigenvalue weighted by Crippen LogP contribution is 2.59. The molecule has 2 heterocycles. The number of methoxy groups -OCH3 is 1. The maximum Gasteiger partial charge on any atom is 0.227 e. The Balaban J connectivity index is 1.38. The molecular weight excluding hydrogens is 270 g/mol. The highest BCUT2D eigenvalue weighted by molar-refractivity contribution is 5.47. The monoisotopic (exact) mass is 289 g/mol. The van der Waals surface area contributed by atoms with Crippen molar-refractivity contribution >= 4 is 0 Å². The second-order valence-corrected chi connectivity index (χ2v) is 6.46. The lowest BCUT2D eigenvalue weighted by Gasteiger charge is -2.54. The van der Waals surface area contributed by atoms with Gasteiger partial charge >= 0.3 is 0 Å². The van der Waals surface area contributed by atoms with E-state index in [2.05, 4.69) is 15.3 Å². The van der Waals surface area contributed by atoms with Gasteiger partial charge in [-0.2, -0.15) is 4.98 Å². The highest BCUT2D eigenvalue weighted by Gasteiger charge is 2.48. The normalized spacial score (nSPS) is 20.4. The molecule has 0 amide bonds. The Morgan fingerprint density at radius 2 is 2.14 bits per heavy atom. The maximum atomic E-state index is 5.34. The fraction of sp³-hybridized carbons (Fsp3) is 0.667. The second kappa shape index (κ2) is 4.94. The molecule has 2 saturated carbocycles. The zero-order valence-electron chi connectivity index (χ0n) is 12.2. The van der Waals surface area contributed by atoms with Gasteiger partial charge in [-0.15, -0.1) is 0 Å². The van der Waals surface area contributed by atoms with Crippen LogP contribution in [0, 0.1) is 11.3 Å². The Morgan fingerprint density at radius 1 is 1.29 bits per heavy atom. The minimum absolute atomic E-state index is 0.391. The maximum absolute atomic E-state index is 5.34. The van der Waals surface area contributed by atoms with E-state index in [4.69, 9.17) is 13.8 Å². The first-order valence-electron chi connectivity index (χ1n) is 7.54. The summed E-state index contributed by atoms with van der Waals surface area (Å²) in [4.78, 5) is 4.43. The van der Waals surface area contributed by atoms with Crippen molar-refractivity contribution in [2.45, 2.75) is 45.1 Å². The second-order valence-electron chi connectivity index (χ2n) is 6.46. The predicted octanol–water partition coefficient (Wildman–Crippen LogP) is 2.99. The van der Waals surface area contributed by atoms with Crippen LogP contribution in [0.1, 0.15) is 43.8 Å². The van der Waals surface area contributed by atoms with Crippen LogP contribution in [0.3, 0.4) is 0 Å². The van der Waals surface area contributed by atoms with Crippen LogP contribution in [0.2, 0.25) is 0 Å². The topological polar surface area (TPSA) is 74.2 Å². The lowest BCUT2D eigenvalue weighted by atomic mass is 9.51. The molecule has 0 N–H and O–H groups in total. The number of nitrogens with zero attached hydrogens (tertiary/aromatic N) is 3. The first-order valence-corrected chi connectivity index (χ1v) is 7.54. The summed E-state index contributed by atoms with van der Waals surface area (Å²) in [5.74, 6) is 2.57. The van der Waals surface area contributed by atoms with E-state index in [1.54, 1.807) is 13.2 Å². The molecule has 2 aliphatic rings. The summed E-state index contributed by atoms with van der Waals surface area (Å²) in [6.07, 6.45) is 7.78. The molecule has 2 aromatic rings. The number of hydrogen-bond donors (Lipinski definition) is 0. The van der Waals surface area contributed by atoms with Gasteiger partial charge in [-0.25, -0.2) is 0 Å². The Labute approximate surface area is 122 Å². The quantitative estimate of drug-likeness (QED) is 0.842. The van der Waals surface area contributed by atoms with E-state index < -0.39 is 0 Å². The van der Waals surface area contributed by atoms with Crippen LogP contribution >= 0.6 is 0 Å². The molecule has 0 aromatic carbocycles. The number of rotatable bonds is 5. The Morgan fingerprint density at radius 3 is 2.86 bits per heavy atom. The van der Waals surface area contributed by atoms with Crippen molar-refractivity contribution in [1.29, 1.82) is 0 Å². The van der Waals surface area contributed by atoms with E-state index in [-0.39, 0.29) is 0 Å². The van der Waals surface area contributed by atoms with E-state index in [1.165, 1.54) is 32.1 Å². The third-order valence-electron chi connectivity index (χ3n) is 4.86. The van der Waals surface area contributed by atoms with Gasteiger partial charge in [0.2, 0.25) is 11.7 Å². The zero-order valence-corrected chi connectivity index (χ0v) is 12.2. The van der Waals surface area contributed by atoms with Gasteiger partial charge in [0, 0.05) is 19.6 Å². The van der Waals surface area contributed by atoms with Gasteiger partial charge in [0.05, 0.1) is 0 Å². The average Bonchev–Trinajstić information content (AvgIpc) is 3.00. The van der Waals surface area contributed by atoms with Crippen LogP contribution in [-0.4, -0.2) is 22.4 Å². The molecule has 2 aromatic heterocycles. The molecule has 21 heavy (non-hydrogen) atoms. The minimum Gasteiger partial charge on any atom is -0.377 e. The molecule has 0 saturated heterocycles. The standard InChI is InChI=1S/C15H19N3O3/c1-19-9-11-6-12(17-20-11)14-16-13(21-18-14)5-10-7-15(8-10)3-2-4-15/h6,10H,2-5,7-9H2,1H3. The summed E-state index contributed by atoms with van der Waals surface area (Å²) in [6, 6.07) is 1.78. The van der Waals surface area contributed by atoms with Crippen molar-refractivity contribution in [2.24, 2.45) is 11.3 Å². The summed E-state index contributed by atoms with van der Waals surface area (Å²) in [7, 11) is 1.61. The molecule has 6 nitrogen and oxygen atoms in total. The molecule has 112 valence electrons. The van der Waals surface area contributed by atoms with Crippen molar-refractivity contribution < 1.29 is 13.8 Å². The van der Waals surface area contributed by atoms with E-state index in [0.29, 0.717) is 41.1 Å². The van der Waals surface area contributed by atoms with Crippen LogP contribution < -0.4 is 0 Å².